The number of hydrogen-bond donors (Lipinski definition) is 4. The molecule has 0 radical (unpaired) electrons. The normalized spacial score (nSPS) is 15.2. The summed E-state index contributed by atoms with van der Waals surface area (Å²) < 4.78 is 0. The van der Waals surface area contributed by atoms with Crippen LogP contribution in [0.2, 0.25) is 0 Å². The number of hydrogen-bond acceptors (Lipinski definition) is 3. The number of amides is 1. The molecule has 0 aromatic carbocycles. The highest BCUT2D eigenvalue weighted by atomic mass is 32.1. The second-order valence-electron chi connectivity index (χ2n) is 2.01. The van der Waals surface area contributed by atoms with Crippen molar-refractivity contribution >= 4 is 23.8 Å². The maximum Gasteiger partial charge on any atom is 0.328 e. The van der Waals surface area contributed by atoms with Crippen LogP contribution in [-0.2, 0) is 4.79 Å². The lowest BCUT2D eigenvalue weighted by molar-refractivity contribution is -0.141. The summed E-state index contributed by atoms with van der Waals surface area (Å²) in [5.74, 6) is -1.29. The number of carbonyl (C=O) groups excluding carboxylic acids is 1. The standard InChI is InChI=1S/C5H9NO4S/c1-2(7)3(4(8)9)6-5(10)11/h2-3,7H,1H3,(H,8,9)(H2,6,10,11). The van der Waals surface area contributed by atoms with Crippen molar-refractivity contribution in [3.05, 3.63) is 0 Å². The van der Waals surface area contributed by atoms with Gasteiger partial charge in [0.1, 0.15) is 0 Å². The van der Waals surface area contributed by atoms with Gasteiger partial charge in [-0.3, -0.25) is 4.79 Å². The van der Waals surface area contributed by atoms with E-state index in [1.165, 1.54) is 6.92 Å². The Hall–Kier alpha value is -0.750. The summed E-state index contributed by atoms with van der Waals surface area (Å²) >= 11 is 3.30. The highest BCUT2D eigenvalue weighted by molar-refractivity contribution is 7.96. The summed E-state index contributed by atoms with van der Waals surface area (Å²) in [6, 6.07) is -1.29. The Balaban J connectivity index is 4.12. The van der Waals surface area contributed by atoms with Gasteiger partial charge in [-0.2, -0.15) is 0 Å². The van der Waals surface area contributed by atoms with Gasteiger partial charge in [-0.05, 0) is 6.92 Å². The fourth-order valence-electron chi connectivity index (χ4n) is 0.522. The van der Waals surface area contributed by atoms with Gasteiger partial charge in [0.15, 0.2) is 6.04 Å². The molecule has 1 amide bonds. The molecular formula is C5H9NO4S. The van der Waals surface area contributed by atoms with Gasteiger partial charge in [0.2, 0.25) is 0 Å². The summed E-state index contributed by atoms with van der Waals surface area (Å²) in [7, 11) is 0. The first kappa shape index (κ1) is 10.2. The number of thiol groups is 1. The van der Waals surface area contributed by atoms with Crippen molar-refractivity contribution in [1.82, 2.24) is 5.32 Å². The molecule has 0 aromatic rings. The minimum Gasteiger partial charge on any atom is -0.480 e. The summed E-state index contributed by atoms with van der Waals surface area (Å²) in [5, 5.41) is 18.4. The van der Waals surface area contributed by atoms with Gasteiger partial charge in [0.25, 0.3) is 5.24 Å². The molecule has 0 rings (SSSR count). The topological polar surface area (TPSA) is 86.6 Å². The van der Waals surface area contributed by atoms with Crippen molar-refractivity contribution in [2.45, 2.75) is 19.1 Å². The second kappa shape index (κ2) is 4.20. The Labute approximate surface area is 68.8 Å². The lowest BCUT2D eigenvalue weighted by atomic mass is 10.2. The number of aliphatic carboxylic acids is 1. The van der Waals surface area contributed by atoms with Gasteiger partial charge in [0.05, 0.1) is 6.10 Å². The molecule has 0 saturated heterocycles. The zero-order valence-corrected chi connectivity index (χ0v) is 6.71. The van der Waals surface area contributed by atoms with Crippen LogP contribution in [0.3, 0.4) is 0 Å². The monoisotopic (exact) mass is 179 g/mol. The number of aliphatic hydroxyl groups excluding tert-OH is 1. The Morgan fingerprint density at radius 1 is 1.55 bits per heavy atom. The zero-order chi connectivity index (χ0) is 9.02. The van der Waals surface area contributed by atoms with Gasteiger partial charge in [-0.15, -0.1) is 0 Å². The molecule has 5 nitrogen and oxygen atoms in total. The van der Waals surface area contributed by atoms with E-state index in [2.05, 4.69) is 12.6 Å². The van der Waals surface area contributed by atoms with Crippen LogP contribution in [0.15, 0.2) is 0 Å². The molecule has 2 atom stereocenters. The first-order chi connectivity index (χ1) is 4.95. The van der Waals surface area contributed by atoms with E-state index in [1.54, 1.807) is 0 Å². The molecular weight excluding hydrogens is 170 g/mol. The number of carboxylic acid groups (broad SMARTS) is 1. The van der Waals surface area contributed by atoms with Crippen LogP contribution in [0.25, 0.3) is 0 Å². The number of rotatable bonds is 3. The van der Waals surface area contributed by atoms with E-state index in [-0.39, 0.29) is 0 Å². The van der Waals surface area contributed by atoms with E-state index in [0.29, 0.717) is 0 Å². The molecule has 0 fully saturated rings. The van der Waals surface area contributed by atoms with Gasteiger partial charge in [0, 0.05) is 0 Å². The average Bonchev–Trinajstić information content (AvgIpc) is 1.81. The van der Waals surface area contributed by atoms with Crippen molar-refractivity contribution in [2.75, 3.05) is 0 Å². The quantitative estimate of drug-likeness (QED) is 0.438. The fourth-order valence-corrected chi connectivity index (χ4v) is 0.661. The van der Waals surface area contributed by atoms with Crippen LogP contribution in [0, 0.1) is 0 Å². The fraction of sp³-hybridized carbons (Fsp3) is 0.600. The van der Waals surface area contributed by atoms with Crippen LogP contribution in [0.4, 0.5) is 4.79 Å². The van der Waals surface area contributed by atoms with Crippen molar-refractivity contribution in [1.29, 1.82) is 0 Å². The molecule has 0 aliphatic carbocycles. The molecule has 0 saturated carbocycles. The Morgan fingerprint density at radius 2 is 2.00 bits per heavy atom. The van der Waals surface area contributed by atoms with Crippen molar-refractivity contribution in [2.24, 2.45) is 0 Å². The Kier molecular flexibility index (Phi) is 3.91. The zero-order valence-electron chi connectivity index (χ0n) is 5.81. The van der Waals surface area contributed by atoms with E-state index in [0.717, 1.165) is 0 Å². The molecule has 64 valence electrons. The van der Waals surface area contributed by atoms with Crippen LogP contribution < -0.4 is 5.32 Å². The summed E-state index contributed by atoms with van der Waals surface area (Å²) in [5.41, 5.74) is 0. The lowest BCUT2D eigenvalue weighted by Crippen LogP contribution is -2.45. The molecule has 0 bridgehead atoms. The molecule has 0 heterocycles. The predicted octanol–water partition coefficient (Wildman–Crippen LogP) is -0.540. The SMILES string of the molecule is CC(O)C(NC(=O)S)C(=O)O. The third-order valence-electron chi connectivity index (χ3n) is 1.03. The number of nitrogens with one attached hydrogen (secondary N) is 1. The predicted molar refractivity (Wildman–Crippen MR) is 40.6 cm³/mol. The minimum absolute atomic E-state index is 0.779. The largest absolute Gasteiger partial charge is 0.480 e. The molecule has 0 aliphatic heterocycles. The van der Waals surface area contributed by atoms with Crippen molar-refractivity contribution in [3.8, 4) is 0 Å². The van der Waals surface area contributed by atoms with E-state index in [1.807, 2.05) is 5.32 Å². The molecule has 3 N–H and O–H groups in total. The highest BCUT2D eigenvalue weighted by Gasteiger charge is 2.23. The lowest BCUT2D eigenvalue weighted by Gasteiger charge is -2.14. The van der Waals surface area contributed by atoms with Crippen LogP contribution in [0.1, 0.15) is 6.92 Å². The Bertz CT molecular complexity index is 170. The maximum atomic E-state index is 10.3. The van der Waals surface area contributed by atoms with E-state index in [9.17, 15) is 9.59 Å². The number of carboxylic acids is 1. The van der Waals surface area contributed by atoms with E-state index >= 15 is 0 Å². The molecule has 11 heavy (non-hydrogen) atoms. The van der Waals surface area contributed by atoms with Crippen LogP contribution in [-0.4, -0.2) is 33.6 Å². The highest BCUT2D eigenvalue weighted by Crippen LogP contribution is 1.93. The van der Waals surface area contributed by atoms with Crippen LogP contribution >= 0.6 is 12.6 Å². The number of aliphatic hydroxyl groups is 1. The maximum absolute atomic E-state index is 10.3. The smallest absolute Gasteiger partial charge is 0.328 e. The molecule has 6 heteroatoms. The Morgan fingerprint density at radius 3 is 2.09 bits per heavy atom. The van der Waals surface area contributed by atoms with Gasteiger partial charge >= 0.3 is 5.97 Å². The summed E-state index contributed by atoms with van der Waals surface area (Å²) in [6.45, 7) is 1.27. The first-order valence-corrected chi connectivity index (χ1v) is 3.30. The van der Waals surface area contributed by atoms with Crippen LogP contribution in [0.5, 0.6) is 0 Å². The average molecular weight is 179 g/mol. The third kappa shape index (κ3) is 3.84. The van der Waals surface area contributed by atoms with Gasteiger partial charge in [-0.1, -0.05) is 12.6 Å². The van der Waals surface area contributed by atoms with Gasteiger partial charge < -0.3 is 15.5 Å². The first-order valence-electron chi connectivity index (χ1n) is 2.85. The molecule has 2 unspecified atom stereocenters. The molecule has 0 aliphatic rings. The molecule has 0 spiro atoms. The van der Waals surface area contributed by atoms with E-state index < -0.39 is 23.4 Å². The summed E-state index contributed by atoms with van der Waals surface area (Å²) in [6.07, 6.45) is -1.14. The second-order valence-corrected chi connectivity index (χ2v) is 2.41. The van der Waals surface area contributed by atoms with Crippen molar-refractivity contribution < 1.29 is 19.8 Å². The summed E-state index contributed by atoms with van der Waals surface area (Å²) in [4.78, 5) is 20.5. The minimum atomic E-state index is -1.29. The third-order valence-corrected chi connectivity index (χ3v) is 1.16. The van der Waals surface area contributed by atoms with Gasteiger partial charge in [-0.25, -0.2) is 4.79 Å². The molecule has 0 aromatic heterocycles. The number of carbonyl (C=O) groups is 2. The van der Waals surface area contributed by atoms with Crippen molar-refractivity contribution in [3.63, 3.8) is 0 Å². The van der Waals surface area contributed by atoms with E-state index in [4.69, 9.17) is 10.2 Å².